The largest absolute Gasteiger partial charge is 0.321 e. The summed E-state index contributed by atoms with van der Waals surface area (Å²) < 4.78 is 0. The van der Waals surface area contributed by atoms with Crippen LogP contribution in [-0.2, 0) is 11.2 Å². The summed E-state index contributed by atoms with van der Waals surface area (Å²) in [5.74, 6) is 0.207. The number of rotatable bonds is 4. The molecule has 1 aromatic carbocycles. The molecule has 2 N–H and O–H groups in total. The number of nitrogens with two attached hydrogens (primary N) is 1. The van der Waals surface area contributed by atoms with E-state index < -0.39 is 6.04 Å². The lowest BCUT2D eigenvalue weighted by Gasteiger charge is -2.14. The highest BCUT2D eigenvalue weighted by Crippen LogP contribution is 2.16. The van der Waals surface area contributed by atoms with Crippen LogP contribution in [0.4, 0.5) is 0 Å². The summed E-state index contributed by atoms with van der Waals surface area (Å²) >= 11 is 5.96. The summed E-state index contributed by atoms with van der Waals surface area (Å²) in [5, 5.41) is 0.627. The van der Waals surface area contributed by atoms with Gasteiger partial charge in [0, 0.05) is 11.4 Å². The van der Waals surface area contributed by atoms with Gasteiger partial charge >= 0.3 is 0 Å². The first-order valence-corrected chi connectivity index (χ1v) is 5.42. The van der Waals surface area contributed by atoms with Gasteiger partial charge in [0.25, 0.3) is 0 Å². The minimum atomic E-state index is -0.402. The predicted octanol–water partition coefficient (Wildman–Crippen LogP) is 2.43. The fourth-order valence-corrected chi connectivity index (χ4v) is 1.52. The Labute approximate surface area is 95.4 Å². The number of halogens is 1. The van der Waals surface area contributed by atoms with E-state index in [9.17, 15) is 4.79 Å². The van der Waals surface area contributed by atoms with Crippen molar-refractivity contribution in [2.24, 2.45) is 11.7 Å². The van der Waals surface area contributed by atoms with Crippen LogP contribution < -0.4 is 5.73 Å². The van der Waals surface area contributed by atoms with E-state index in [2.05, 4.69) is 0 Å². The molecule has 0 spiro atoms. The van der Waals surface area contributed by atoms with Gasteiger partial charge in [0.15, 0.2) is 5.78 Å². The van der Waals surface area contributed by atoms with Crippen molar-refractivity contribution in [2.75, 3.05) is 0 Å². The van der Waals surface area contributed by atoms with E-state index >= 15 is 0 Å². The van der Waals surface area contributed by atoms with Gasteiger partial charge in [0.05, 0.1) is 6.04 Å². The quantitative estimate of drug-likeness (QED) is 0.856. The van der Waals surface area contributed by atoms with Gasteiger partial charge in [0.2, 0.25) is 0 Å². The van der Waals surface area contributed by atoms with Crippen molar-refractivity contribution in [1.29, 1.82) is 0 Å². The maximum Gasteiger partial charge on any atom is 0.154 e. The van der Waals surface area contributed by atoms with Crippen LogP contribution in [0.5, 0.6) is 0 Å². The molecule has 0 heterocycles. The van der Waals surface area contributed by atoms with Crippen molar-refractivity contribution < 1.29 is 4.79 Å². The van der Waals surface area contributed by atoms with E-state index in [1.54, 1.807) is 6.07 Å². The summed E-state index contributed by atoms with van der Waals surface area (Å²) in [6.07, 6.45) is 0.318. The third-order valence-electron chi connectivity index (χ3n) is 2.41. The lowest BCUT2D eigenvalue weighted by atomic mass is 9.96. The van der Waals surface area contributed by atoms with Gasteiger partial charge in [-0.1, -0.05) is 43.6 Å². The van der Waals surface area contributed by atoms with Crippen LogP contribution in [0.3, 0.4) is 0 Å². The van der Waals surface area contributed by atoms with E-state index in [1.165, 1.54) is 0 Å². The number of carbonyl (C=O) groups excluding carboxylic acids is 1. The number of hydrogen-bond acceptors (Lipinski definition) is 2. The number of carbonyl (C=O) groups is 1. The van der Waals surface area contributed by atoms with Gasteiger partial charge in [-0.25, -0.2) is 0 Å². The summed E-state index contributed by atoms with van der Waals surface area (Å²) in [6, 6.07) is 6.95. The van der Waals surface area contributed by atoms with Gasteiger partial charge in [-0.2, -0.15) is 0 Å². The van der Waals surface area contributed by atoms with Crippen molar-refractivity contribution in [3.63, 3.8) is 0 Å². The van der Waals surface area contributed by atoms with Crippen molar-refractivity contribution in [3.05, 3.63) is 34.9 Å². The van der Waals surface area contributed by atoms with Crippen LogP contribution in [-0.4, -0.2) is 11.8 Å². The van der Waals surface area contributed by atoms with Crippen LogP contribution in [0.2, 0.25) is 5.02 Å². The third-order valence-corrected chi connectivity index (χ3v) is 2.78. The molecule has 82 valence electrons. The lowest BCUT2D eigenvalue weighted by molar-refractivity contribution is -0.120. The summed E-state index contributed by atoms with van der Waals surface area (Å²) in [7, 11) is 0. The van der Waals surface area contributed by atoms with Crippen molar-refractivity contribution in [1.82, 2.24) is 0 Å². The van der Waals surface area contributed by atoms with Gasteiger partial charge in [-0.3, -0.25) is 4.79 Å². The van der Waals surface area contributed by atoms with Crippen molar-refractivity contribution in [2.45, 2.75) is 26.3 Å². The summed E-state index contributed by atoms with van der Waals surface area (Å²) in [6.45, 7) is 3.88. The van der Waals surface area contributed by atoms with Crippen molar-refractivity contribution in [3.8, 4) is 0 Å². The minimum Gasteiger partial charge on any atom is -0.321 e. The highest BCUT2D eigenvalue weighted by molar-refractivity contribution is 6.31. The van der Waals surface area contributed by atoms with Crippen LogP contribution in [0, 0.1) is 5.92 Å². The van der Waals surface area contributed by atoms with Crippen LogP contribution >= 0.6 is 11.6 Å². The average molecular weight is 226 g/mol. The minimum absolute atomic E-state index is 0.0399. The highest BCUT2D eigenvalue weighted by Gasteiger charge is 2.18. The molecule has 0 saturated carbocycles. The number of hydrogen-bond donors (Lipinski definition) is 1. The van der Waals surface area contributed by atoms with Gasteiger partial charge < -0.3 is 5.73 Å². The molecule has 0 aliphatic carbocycles. The molecule has 0 fully saturated rings. The first-order chi connectivity index (χ1) is 7.02. The molecular formula is C12H16ClNO. The number of benzene rings is 1. The molecular weight excluding hydrogens is 210 g/mol. The highest BCUT2D eigenvalue weighted by atomic mass is 35.5. The Morgan fingerprint density at radius 3 is 2.53 bits per heavy atom. The summed E-state index contributed by atoms with van der Waals surface area (Å²) in [4.78, 5) is 11.7. The SMILES string of the molecule is CC(C)C(N)C(=O)Cc1ccccc1Cl. The Morgan fingerprint density at radius 2 is 2.00 bits per heavy atom. The Balaban J connectivity index is 2.71. The topological polar surface area (TPSA) is 43.1 Å². The molecule has 1 rings (SSSR count). The molecule has 1 unspecified atom stereocenters. The molecule has 0 aliphatic heterocycles. The Morgan fingerprint density at radius 1 is 1.40 bits per heavy atom. The second-order valence-electron chi connectivity index (χ2n) is 4.00. The first-order valence-electron chi connectivity index (χ1n) is 5.04. The Hall–Kier alpha value is -0.860. The number of Topliss-reactive ketones (excluding diaryl/α,β-unsaturated/α-hetero) is 1. The van der Waals surface area contributed by atoms with Gasteiger partial charge in [0.1, 0.15) is 0 Å². The zero-order chi connectivity index (χ0) is 11.4. The molecule has 15 heavy (non-hydrogen) atoms. The van der Waals surface area contributed by atoms with E-state index in [4.69, 9.17) is 17.3 Å². The van der Waals surface area contributed by atoms with Crippen LogP contribution in [0.15, 0.2) is 24.3 Å². The molecule has 2 nitrogen and oxygen atoms in total. The predicted molar refractivity (Wildman–Crippen MR) is 63.0 cm³/mol. The molecule has 3 heteroatoms. The lowest BCUT2D eigenvalue weighted by Crippen LogP contribution is -2.36. The second kappa shape index (κ2) is 5.29. The maximum atomic E-state index is 11.7. The molecule has 1 atom stereocenters. The molecule has 0 aromatic heterocycles. The Kier molecular flexibility index (Phi) is 4.30. The second-order valence-corrected chi connectivity index (χ2v) is 4.41. The smallest absolute Gasteiger partial charge is 0.154 e. The zero-order valence-corrected chi connectivity index (χ0v) is 9.79. The van der Waals surface area contributed by atoms with Crippen LogP contribution in [0.25, 0.3) is 0 Å². The van der Waals surface area contributed by atoms with Gasteiger partial charge in [-0.15, -0.1) is 0 Å². The third kappa shape index (κ3) is 3.33. The van der Waals surface area contributed by atoms with E-state index in [0.717, 1.165) is 5.56 Å². The van der Waals surface area contributed by atoms with E-state index in [1.807, 2.05) is 32.0 Å². The molecule has 0 radical (unpaired) electrons. The first kappa shape index (κ1) is 12.2. The number of ketones is 1. The molecule has 1 aromatic rings. The maximum absolute atomic E-state index is 11.7. The molecule has 0 saturated heterocycles. The Bertz CT molecular complexity index is 349. The fraction of sp³-hybridized carbons (Fsp3) is 0.417. The van der Waals surface area contributed by atoms with Gasteiger partial charge in [-0.05, 0) is 17.5 Å². The average Bonchev–Trinajstić information content (AvgIpc) is 2.20. The zero-order valence-electron chi connectivity index (χ0n) is 9.03. The van der Waals surface area contributed by atoms with E-state index in [-0.39, 0.29) is 11.7 Å². The van der Waals surface area contributed by atoms with Crippen molar-refractivity contribution >= 4 is 17.4 Å². The molecule has 0 aliphatic rings. The monoisotopic (exact) mass is 225 g/mol. The fourth-order valence-electron chi connectivity index (χ4n) is 1.32. The summed E-state index contributed by atoms with van der Waals surface area (Å²) in [5.41, 5.74) is 6.61. The molecule has 0 bridgehead atoms. The van der Waals surface area contributed by atoms with Crippen LogP contribution in [0.1, 0.15) is 19.4 Å². The molecule has 0 amide bonds. The van der Waals surface area contributed by atoms with E-state index in [0.29, 0.717) is 11.4 Å². The standard InChI is InChI=1S/C12H16ClNO/c1-8(2)12(14)11(15)7-9-5-3-4-6-10(9)13/h3-6,8,12H,7,14H2,1-2H3. The normalized spacial score (nSPS) is 12.9.